The van der Waals surface area contributed by atoms with Gasteiger partial charge in [-0.2, -0.15) is 17.0 Å². The van der Waals surface area contributed by atoms with Gasteiger partial charge in [0.05, 0.1) is 11.6 Å². The highest BCUT2D eigenvalue weighted by atomic mass is 32.2. The minimum Gasteiger partial charge on any atom is -0.309 e. The van der Waals surface area contributed by atoms with Crippen LogP contribution in [0.1, 0.15) is 24.0 Å². The Bertz CT molecular complexity index is 361. The van der Waals surface area contributed by atoms with Crippen LogP contribution in [0.5, 0.6) is 0 Å². The fourth-order valence-corrected chi connectivity index (χ4v) is 2.97. The second-order valence-electron chi connectivity index (χ2n) is 4.10. The molecule has 1 fully saturated rings. The van der Waals surface area contributed by atoms with E-state index in [0.717, 1.165) is 12.1 Å². The quantitative estimate of drug-likeness (QED) is 0.870. The number of nitrogens with zero attached hydrogens (tertiary/aromatic N) is 1. The van der Waals surface area contributed by atoms with Crippen LogP contribution in [0, 0.1) is 11.3 Å². The van der Waals surface area contributed by atoms with E-state index in [2.05, 4.69) is 11.4 Å². The predicted molar refractivity (Wildman–Crippen MR) is 68.3 cm³/mol. The first kappa shape index (κ1) is 11.5. The molecule has 1 aromatic rings. The Balaban J connectivity index is 1.82. The number of thioether (sulfide) groups is 1. The fourth-order valence-electron chi connectivity index (χ4n) is 1.86. The van der Waals surface area contributed by atoms with Gasteiger partial charge in [0.25, 0.3) is 0 Å². The van der Waals surface area contributed by atoms with Gasteiger partial charge in [0.2, 0.25) is 0 Å². The molecule has 0 bridgehead atoms. The van der Waals surface area contributed by atoms with Crippen molar-refractivity contribution < 1.29 is 0 Å². The minimum absolute atomic E-state index is 0.661. The predicted octanol–water partition coefficient (Wildman–Crippen LogP) is 2.54. The van der Waals surface area contributed by atoms with E-state index in [1.807, 2.05) is 36.0 Å². The molecule has 0 saturated carbocycles. The maximum absolute atomic E-state index is 8.69. The average molecular weight is 232 g/mol. The van der Waals surface area contributed by atoms with Gasteiger partial charge >= 0.3 is 0 Å². The molecule has 1 saturated heterocycles. The Kier molecular flexibility index (Phi) is 4.26. The molecule has 1 aliphatic heterocycles. The molecule has 0 radical (unpaired) electrons. The highest BCUT2D eigenvalue weighted by molar-refractivity contribution is 7.99. The third kappa shape index (κ3) is 3.26. The van der Waals surface area contributed by atoms with Crippen LogP contribution in [0.2, 0.25) is 0 Å². The molecule has 0 amide bonds. The van der Waals surface area contributed by atoms with Gasteiger partial charge in [-0.15, -0.1) is 0 Å². The summed E-state index contributed by atoms with van der Waals surface area (Å²) in [4.78, 5) is 0. The van der Waals surface area contributed by atoms with E-state index in [1.54, 1.807) is 0 Å². The first-order valence-electron chi connectivity index (χ1n) is 5.68. The molecule has 1 atom stereocenters. The van der Waals surface area contributed by atoms with Crippen LogP contribution in [0.25, 0.3) is 0 Å². The maximum Gasteiger partial charge on any atom is 0.0991 e. The molecule has 2 rings (SSSR count). The molecule has 2 nitrogen and oxygen atoms in total. The molecule has 84 valence electrons. The van der Waals surface area contributed by atoms with Crippen LogP contribution >= 0.6 is 11.8 Å². The number of hydrogen-bond donors (Lipinski definition) is 1. The zero-order chi connectivity index (χ0) is 11.2. The SMILES string of the molecule is N#Cc1ccc(CNC2CCCSC2)cc1. The average Bonchev–Trinajstić information content (AvgIpc) is 2.38. The third-order valence-electron chi connectivity index (χ3n) is 2.84. The maximum atomic E-state index is 8.69. The van der Waals surface area contributed by atoms with Gasteiger partial charge in [0.1, 0.15) is 0 Å². The first-order chi connectivity index (χ1) is 7.88. The smallest absolute Gasteiger partial charge is 0.0991 e. The fraction of sp³-hybridized carbons (Fsp3) is 0.462. The zero-order valence-corrected chi connectivity index (χ0v) is 10.1. The van der Waals surface area contributed by atoms with Crippen LogP contribution in [0.15, 0.2) is 24.3 Å². The summed E-state index contributed by atoms with van der Waals surface area (Å²) < 4.78 is 0. The Morgan fingerprint density at radius 1 is 1.38 bits per heavy atom. The second kappa shape index (κ2) is 5.93. The minimum atomic E-state index is 0.661. The van der Waals surface area contributed by atoms with Crippen LogP contribution in [0.3, 0.4) is 0 Å². The standard InChI is InChI=1S/C13H16N2S/c14-8-11-3-5-12(6-4-11)9-15-13-2-1-7-16-10-13/h3-6,13,15H,1-2,7,9-10H2. The van der Waals surface area contributed by atoms with Crippen LogP contribution in [0.4, 0.5) is 0 Å². The lowest BCUT2D eigenvalue weighted by Gasteiger charge is -2.22. The van der Waals surface area contributed by atoms with Crippen LogP contribution < -0.4 is 5.32 Å². The van der Waals surface area contributed by atoms with Gasteiger partial charge < -0.3 is 5.32 Å². The molecule has 0 aromatic heterocycles. The lowest BCUT2D eigenvalue weighted by Crippen LogP contribution is -2.33. The van der Waals surface area contributed by atoms with Crippen molar-refractivity contribution in [3.8, 4) is 6.07 Å². The van der Waals surface area contributed by atoms with Crippen molar-refractivity contribution in [3.63, 3.8) is 0 Å². The van der Waals surface area contributed by atoms with Crippen molar-refractivity contribution in [2.24, 2.45) is 0 Å². The highest BCUT2D eigenvalue weighted by Gasteiger charge is 2.12. The number of hydrogen-bond acceptors (Lipinski definition) is 3. The summed E-state index contributed by atoms with van der Waals surface area (Å²) in [5.74, 6) is 2.55. The van der Waals surface area contributed by atoms with Crippen molar-refractivity contribution >= 4 is 11.8 Å². The zero-order valence-electron chi connectivity index (χ0n) is 9.28. The summed E-state index contributed by atoms with van der Waals surface area (Å²) in [5.41, 5.74) is 1.99. The molecular weight excluding hydrogens is 216 g/mol. The molecule has 1 aliphatic rings. The molecular formula is C13H16N2S. The lowest BCUT2D eigenvalue weighted by molar-refractivity contribution is 0.507. The topological polar surface area (TPSA) is 35.8 Å². The number of nitrogens with one attached hydrogen (secondary N) is 1. The van der Waals surface area contributed by atoms with Crippen LogP contribution in [-0.2, 0) is 6.54 Å². The number of rotatable bonds is 3. The Labute approximate surface area is 101 Å². The monoisotopic (exact) mass is 232 g/mol. The van der Waals surface area contributed by atoms with Crippen molar-refractivity contribution in [1.29, 1.82) is 5.26 Å². The Morgan fingerprint density at radius 3 is 2.81 bits per heavy atom. The Hall–Kier alpha value is -0.980. The van der Waals surface area contributed by atoms with Gasteiger partial charge in [-0.1, -0.05) is 12.1 Å². The van der Waals surface area contributed by atoms with E-state index in [-0.39, 0.29) is 0 Å². The molecule has 1 heterocycles. The lowest BCUT2D eigenvalue weighted by atomic mass is 10.1. The molecule has 1 aromatic carbocycles. The Morgan fingerprint density at radius 2 is 2.19 bits per heavy atom. The van der Waals surface area contributed by atoms with E-state index in [9.17, 15) is 0 Å². The summed E-state index contributed by atoms with van der Waals surface area (Å²) in [6, 6.07) is 10.6. The van der Waals surface area contributed by atoms with E-state index in [1.165, 1.54) is 29.9 Å². The van der Waals surface area contributed by atoms with E-state index in [0.29, 0.717) is 6.04 Å². The summed E-state index contributed by atoms with van der Waals surface area (Å²) in [7, 11) is 0. The molecule has 16 heavy (non-hydrogen) atoms. The van der Waals surface area contributed by atoms with Gasteiger partial charge in [0.15, 0.2) is 0 Å². The molecule has 0 aliphatic carbocycles. The van der Waals surface area contributed by atoms with Gasteiger partial charge in [-0.25, -0.2) is 0 Å². The van der Waals surface area contributed by atoms with Gasteiger partial charge in [-0.3, -0.25) is 0 Å². The largest absolute Gasteiger partial charge is 0.309 e. The van der Waals surface area contributed by atoms with Crippen molar-refractivity contribution in [2.45, 2.75) is 25.4 Å². The number of nitriles is 1. The van der Waals surface area contributed by atoms with Gasteiger partial charge in [0, 0.05) is 18.3 Å². The first-order valence-corrected chi connectivity index (χ1v) is 6.84. The summed E-state index contributed by atoms with van der Waals surface area (Å²) >= 11 is 2.04. The number of benzene rings is 1. The molecule has 1 unspecified atom stereocenters. The van der Waals surface area contributed by atoms with E-state index in [4.69, 9.17) is 5.26 Å². The van der Waals surface area contributed by atoms with Crippen molar-refractivity contribution in [3.05, 3.63) is 35.4 Å². The molecule has 1 N–H and O–H groups in total. The highest BCUT2D eigenvalue weighted by Crippen LogP contribution is 2.17. The van der Waals surface area contributed by atoms with E-state index < -0.39 is 0 Å². The summed E-state index contributed by atoms with van der Waals surface area (Å²) in [6.07, 6.45) is 2.62. The van der Waals surface area contributed by atoms with Crippen LogP contribution in [-0.4, -0.2) is 17.5 Å². The van der Waals surface area contributed by atoms with E-state index >= 15 is 0 Å². The summed E-state index contributed by atoms with van der Waals surface area (Å²) in [5, 5.41) is 12.3. The van der Waals surface area contributed by atoms with Crippen molar-refractivity contribution in [2.75, 3.05) is 11.5 Å². The third-order valence-corrected chi connectivity index (χ3v) is 4.05. The molecule has 0 spiro atoms. The molecule has 3 heteroatoms. The normalized spacial score (nSPS) is 20.3. The van der Waals surface area contributed by atoms with Crippen molar-refractivity contribution in [1.82, 2.24) is 5.32 Å². The second-order valence-corrected chi connectivity index (χ2v) is 5.25. The van der Waals surface area contributed by atoms with Gasteiger partial charge in [-0.05, 0) is 36.3 Å². The summed E-state index contributed by atoms with van der Waals surface area (Å²) in [6.45, 7) is 0.914.